The van der Waals surface area contributed by atoms with E-state index in [9.17, 15) is 0 Å². The van der Waals surface area contributed by atoms with Crippen LogP contribution in [0.15, 0.2) is 18.2 Å². The Balaban J connectivity index is 2.04. The summed E-state index contributed by atoms with van der Waals surface area (Å²) in [6.07, 6.45) is 6.32. The molecule has 100 valence electrons. The SMILES string of the molecule is CCC1CCC(Cl)C(Cc2ccc(C)c(C)c2)C1. The summed E-state index contributed by atoms with van der Waals surface area (Å²) in [6.45, 7) is 6.69. The van der Waals surface area contributed by atoms with Crippen LogP contribution in [0, 0.1) is 25.7 Å². The minimum absolute atomic E-state index is 0.384. The summed E-state index contributed by atoms with van der Waals surface area (Å²) in [5.74, 6) is 1.57. The molecule has 0 amide bonds. The third-order valence-electron chi connectivity index (χ3n) is 4.64. The molecule has 0 radical (unpaired) electrons. The average molecular weight is 265 g/mol. The molecule has 1 saturated carbocycles. The fourth-order valence-corrected chi connectivity index (χ4v) is 3.46. The monoisotopic (exact) mass is 264 g/mol. The molecule has 1 aliphatic carbocycles. The summed E-state index contributed by atoms with van der Waals surface area (Å²) in [6, 6.07) is 6.87. The first-order valence-corrected chi connectivity index (χ1v) is 7.74. The fraction of sp³-hybridized carbons (Fsp3) is 0.647. The summed E-state index contributed by atoms with van der Waals surface area (Å²) >= 11 is 6.53. The van der Waals surface area contributed by atoms with Gasteiger partial charge in [-0.25, -0.2) is 0 Å². The molecule has 0 spiro atoms. The van der Waals surface area contributed by atoms with E-state index in [2.05, 4.69) is 39.0 Å². The Morgan fingerprint density at radius 1 is 1.17 bits per heavy atom. The lowest BCUT2D eigenvalue weighted by Gasteiger charge is -2.32. The maximum atomic E-state index is 6.53. The van der Waals surface area contributed by atoms with Gasteiger partial charge in [0.2, 0.25) is 0 Å². The summed E-state index contributed by atoms with van der Waals surface area (Å²) in [4.78, 5) is 0. The van der Waals surface area contributed by atoms with Crippen LogP contribution in [0.1, 0.15) is 49.3 Å². The van der Waals surface area contributed by atoms with Crippen molar-refractivity contribution in [1.29, 1.82) is 0 Å². The lowest BCUT2D eigenvalue weighted by atomic mass is 9.77. The summed E-state index contributed by atoms with van der Waals surface area (Å²) < 4.78 is 0. The molecule has 0 nitrogen and oxygen atoms in total. The number of alkyl halides is 1. The molecular weight excluding hydrogens is 240 g/mol. The van der Waals surface area contributed by atoms with Crippen molar-refractivity contribution in [2.45, 2.75) is 58.3 Å². The first-order chi connectivity index (χ1) is 8.60. The van der Waals surface area contributed by atoms with Crippen LogP contribution >= 0.6 is 11.6 Å². The molecule has 18 heavy (non-hydrogen) atoms. The van der Waals surface area contributed by atoms with Gasteiger partial charge in [0.1, 0.15) is 0 Å². The van der Waals surface area contributed by atoms with Gasteiger partial charge in [-0.2, -0.15) is 0 Å². The van der Waals surface area contributed by atoms with Gasteiger partial charge in [-0.1, -0.05) is 31.5 Å². The van der Waals surface area contributed by atoms with Crippen molar-refractivity contribution in [3.05, 3.63) is 34.9 Å². The predicted molar refractivity (Wildman–Crippen MR) is 80.4 cm³/mol. The van der Waals surface area contributed by atoms with Crippen molar-refractivity contribution in [3.8, 4) is 0 Å². The minimum atomic E-state index is 0.384. The maximum absolute atomic E-state index is 6.53. The van der Waals surface area contributed by atoms with E-state index in [0.29, 0.717) is 11.3 Å². The smallest absolute Gasteiger partial charge is 0.0367 e. The second-order valence-electron chi connectivity index (χ2n) is 5.99. The molecular formula is C17H25Cl. The Kier molecular flexibility index (Phi) is 4.72. The molecule has 0 N–H and O–H groups in total. The summed E-state index contributed by atoms with van der Waals surface area (Å²) in [5, 5.41) is 0.384. The third-order valence-corrected chi connectivity index (χ3v) is 5.22. The van der Waals surface area contributed by atoms with E-state index in [1.165, 1.54) is 42.4 Å². The van der Waals surface area contributed by atoms with E-state index in [0.717, 1.165) is 12.3 Å². The number of rotatable bonds is 3. The van der Waals surface area contributed by atoms with Gasteiger partial charge >= 0.3 is 0 Å². The number of halogens is 1. The maximum Gasteiger partial charge on any atom is 0.0367 e. The zero-order valence-corrected chi connectivity index (χ0v) is 12.6. The fourth-order valence-electron chi connectivity index (χ4n) is 3.14. The van der Waals surface area contributed by atoms with E-state index in [4.69, 9.17) is 11.6 Å². The van der Waals surface area contributed by atoms with Crippen LogP contribution in [-0.2, 0) is 6.42 Å². The second-order valence-corrected chi connectivity index (χ2v) is 6.55. The van der Waals surface area contributed by atoms with Gasteiger partial charge in [-0.3, -0.25) is 0 Å². The van der Waals surface area contributed by atoms with Crippen LogP contribution in [0.5, 0.6) is 0 Å². The van der Waals surface area contributed by atoms with Crippen molar-refractivity contribution >= 4 is 11.6 Å². The van der Waals surface area contributed by atoms with Crippen LogP contribution in [0.3, 0.4) is 0 Å². The highest BCUT2D eigenvalue weighted by Crippen LogP contribution is 2.36. The van der Waals surface area contributed by atoms with Crippen LogP contribution in [0.25, 0.3) is 0 Å². The Labute approximate surface area is 117 Å². The number of aryl methyl sites for hydroxylation is 2. The van der Waals surface area contributed by atoms with E-state index in [1.807, 2.05) is 0 Å². The molecule has 3 atom stereocenters. The molecule has 2 rings (SSSR count). The zero-order chi connectivity index (χ0) is 13.1. The average Bonchev–Trinajstić information content (AvgIpc) is 2.36. The molecule has 1 heteroatoms. The first kappa shape index (κ1) is 13.9. The normalized spacial score (nSPS) is 28.3. The molecule has 1 aromatic rings. The van der Waals surface area contributed by atoms with E-state index >= 15 is 0 Å². The van der Waals surface area contributed by atoms with Gasteiger partial charge < -0.3 is 0 Å². The molecule has 1 aromatic carbocycles. The van der Waals surface area contributed by atoms with Crippen molar-refractivity contribution in [3.63, 3.8) is 0 Å². The summed E-state index contributed by atoms with van der Waals surface area (Å²) in [5.41, 5.74) is 4.25. The Hall–Kier alpha value is -0.490. The Morgan fingerprint density at radius 3 is 2.61 bits per heavy atom. The highest BCUT2D eigenvalue weighted by atomic mass is 35.5. The largest absolute Gasteiger partial charge is 0.123 e. The summed E-state index contributed by atoms with van der Waals surface area (Å²) in [7, 11) is 0. The van der Waals surface area contributed by atoms with Crippen molar-refractivity contribution in [2.75, 3.05) is 0 Å². The molecule has 1 fully saturated rings. The number of hydrogen-bond donors (Lipinski definition) is 0. The lowest BCUT2D eigenvalue weighted by molar-refractivity contribution is 0.265. The quantitative estimate of drug-likeness (QED) is 0.652. The zero-order valence-electron chi connectivity index (χ0n) is 11.9. The van der Waals surface area contributed by atoms with E-state index < -0.39 is 0 Å². The van der Waals surface area contributed by atoms with Crippen LogP contribution in [0.4, 0.5) is 0 Å². The van der Waals surface area contributed by atoms with Gasteiger partial charge in [0.15, 0.2) is 0 Å². The van der Waals surface area contributed by atoms with Crippen LogP contribution in [-0.4, -0.2) is 5.38 Å². The van der Waals surface area contributed by atoms with Gasteiger partial charge in [0.25, 0.3) is 0 Å². The Morgan fingerprint density at radius 2 is 1.94 bits per heavy atom. The van der Waals surface area contributed by atoms with Crippen molar-refractivity contribution < 1.29 is 0 Å². The minimum Gasteiger partial charge on any atom is -0.123 e. The van der Waals surface area contributed by atoms with Crippen LogP contribution in [0.2, 0.25) is 0 Å². The molecule has 0 aliphatic heterocycles. The third kappa shape index (κ3) is 3.29. The van der Waals surface area contributed by atoms with Crippen molar-refractivity contribution in [2.24, 2.45) is 11.8 Å². The van der Waals surface area contributed by atoms with Gasteiger partial charge in [-0.15, -0.1) is 11.6 Å². The predicted octanol–water partition coefficient (Wildman–Crippen LogP) is 5.28. The van der Waals surface area contributed by atoms with Crippen molar-refractivity contribution in [1.82, 2.24) is 0 Å². The Bertz CT molecular complexity index is 397. The highest BCUT2D eigenvalue weighted by molar-refractivity contribution is 6.20. The van der Waals surface area contributed by atoms with Gasteiger partial charge in [-0.05, 0) is 68.1 Å². The van der Waals surface area contributed by atoms with E-state index in [1.54, 1.807) is 0 Å². The van der Waals surface area contributed by atoms with E-state index in [-0.39, 0.29) is 0 Å². The molecule has 0 bridgehead atoms. The second kappa shape index (κ2) is 6.10. The lowest BCUT2D eigenvalue weighted by Crippen LogP contribution is -2.26. The number of benzene rings is 1. The molecule has 0 saturated heterocycles. The molecule has 0 heterocycles. The molecule has 0 aromatic heterocycles. The topological polar surface area (TPSA) is 0 Å². The molecule has 3 unspecified atom stereocenters. The van der Waals surface area contributed by atoms with Gasteiger partial charge in [0.05, 0.1) is 0 Å². The highest BCUT2D eigenvalue weighted by Gasteiger charge is 2.28. The molecule has 1 aliphatic rings. The number of hydrogen-bond acceptors (Lipinski definition) is 0. The first-order valence-electron chi connectivity index (χ1n) is 7.30. The standard InChI is InChI=1S/C17H25Cl/c1-4-14-7-8-17(18)16(10-14)11-15-6-5-12(2)13(3)9-15/h5-6,9,14,16-17H,4,7-8,10-11H2,1-3H3. The van der Waals surface area contributed by atoms with Crippen LogP contribution < -0.4 is 0 Å². The van der Waals surface area contributed by atoms with Gasteiger partial charge in [0, 0.05) is 5.38 Å².